The minimum atomic E-state index is -0.834. The third-order valence-electron chi connectivity index (χ3n) is 5.39. The first kappa shape index (κ1) is 18.1. The minimum Gasteiger partial charge on any atom is -0.373 e. The highest BCUT2D eigenvalue weighted by Gasteiger charge is 2.52. The molecule has 2 atom stereocenters. The number of carbonyl (C=O) groups excluding carboxylic acids is 3. The number of carbonyl (C=O) groups is 3. The molecule has 8 nitrogen and oxygen atoms in total. The lowest BCUT2D eigenvalue weighted by atomic mass is 9.77. The van der Waals surface area contributed by atoms with Gasteiger partial charge in [0.15, 0.2) is 0 Å². The molecule has 3 fully saturated rings. The third kappa shape index (κ3) is 3.79. The summed E-state index contributed by atoms with van der Waals surface area (Å²) in [7, 11) is 0. The smallest absolute Gasteiger partial charge is 0.344 e. The molecule has 0 aromatic heterocycles. The summed E-state index contributed by atoms with van der Waals surface area (Å²) in [6.07, 6.45) is 3.17. The molecule has 1 spiro atoms. The van der Waals surface area contributed by atoms with Gasteiger partial charge < -0.3 is 10.1 Å². The van der Waals surface area contributed by atoms with E-state index in [2.05, 4.69) is 17.7 Å². The first-order chi connectivity index (χ1) is 11.8. The van der Waals surface area contributed by atoms with Crippen molar-refractivity contribution in [2.75, 3.05) is 19.6 Å². The lowest BCUT2D eigenvalue weighted by molar-refractivity contribution is -0.141. The number of hydrogen-bond donors (Lipinski definition) is 2. The quantitative estimate of drug-likeness (QED) is 0.727. The molecule has 8 heteroatoms. The largest absolute Gasteiger partial charge is 0.373 e. The van der Waals surface area contributed by atoms with E-state index < -0.39 is 11.6 Å². The molecule has 0 unspecified atom stereocenters. The van der Waals surface area contributed by atoms with Gasteiger partial charge in [-0.1, -0.05) is 6.92 Å². The van der Waals surface area contributed by atoms with E-state index in [-0.39, 0.29) is 30.6 Å². The van der Waals surface area contributed by atoms with Crippen molar-refractivity contribution < 1.29 is 19.1 Å². The second-order valence-electron chi connectivity index (χ2n) is 7.82. The Morgan fingerprint density at radius 3 is 2.40 bits per heavy atom. The molecule has 25 heavy (non-hydrogen) atoms. The van der Waals surface area contributed by atoms with Gasteiger partial charge in [-0.2, -0.15) is 5.01 Å². The summed E-state index contributed by atoms with van der Waals surface area (Å²) in [5.74, 6) is -0.128. The van der Waals surface area contributed by atoms with Gasteiger partial charge in [-0.15, -0.1) is 0 Å². The summed E-state index contributed by atoms with van der Waals surface area (Å²) in [4.78, 5) is 39.2. The highest BCUT2D eigenvalue weighted by molar-refractivity contribution is 6.08. The van der Waals surface area contributed by atoms with Crippen molar-refractivity contribution in [3.63, 3.8) is 0 Å². The Labute approximate surface area is 148 Å². The standard InChI is InChI=1S/C17H28N4O4/c1-11-4-6-17(7-5-11)15(23)21(16(24)18-17)19-14(22)10-20-8-12(2)25-13(3)9-20/h11-13H,4-10H2,1-3H3,(H,18,24)(H,19,22)/t11?,12-,13-,17?/m1/s1. The topological polar surface area (TPSA) is 91.0 Å². The zero-order valence-electron chi connectivity index (χ0n) is 15.2. The minimum absolute atomic E-state index is 0.0563. The van der Waals surface area contributed by atoms with E-state index in [0.29, 0.717) is 31.8 Å². The molecule has 4 amide bonds. The maximum Gasteiger partial charge on any atom is 0.344 e. The van der Waals surface area contributed by atoms with E-state index in [1.54, 1.807) is 0 Å². The predicted octanol–water partition coefficient (Wildman–Crippen LogP) is 0.628. The summed E-state index contributed by atoms with van der Waals surface area (Å²) in [5, 5.41) is 3.67. The van der Waals surface area contributed by atoms with Gasteiger partial charge in [-0.25, -0.2) is 4.79 Å². The molecule has 2 saturated heterocycles. The van der Waals surface area contributed by atoms with E-state index in [0.717, 1.165) is 17.9 Å². The van der Waals surface area contributed by atoms with Crippen molar-refractivity contribution in [3.05, 3.63) is 0 Å². The maximum atomic E-state index is 12.7. The first-order valence-corrected chi connectivity index (χ1v) is 9.13. The van der Waals surface area contributed by atoms with Crippen LogP contribution in [0.25, 0.3) is 0 Å². The van der Waals surface area contributed by atoms with Crippen LogP contribution in [0.1, 0.15) is 46.5 Å². The number of morpholine rings is 1. The van der Waals surface area contributed by atoms with Gasteiger partial charge >= 0.3 is 6.03 Å². The van der Waals surface area contributed by atoms with Gasteiger partial charge in [0.05, 0.1) is 18.8 Å². The Bertz CT molecular complexity index is 549. The summed E-state index contributed by atoms with van der Waals surface area (Å²) in [6.45, 7) is 7.52. The SMILES string of the molecule is CC1CCC2(CC1)NC(=O)N(NC(=O)CN1C[C@@H](C)O[C@H](C)C1)C2=O. The number of rotatable bonds is 3. The fourth-order valence-electron chi connectivity index (χ4n) is 4.09. The Hall–Kier alpha value is -1.67. The van der Waals surface area contributed by atoms with Crippen LogP contribution in [0.2, 0.25) is 0 Å². The molecule has 2 heterocycles. The average Bonchev–Trinajstić information content (AvgIpc) is 2.74. The number of imide groups is 1. The van der Waals surface area contributed by atoms with Crippen molar-refractivity contribution in [2.45, 2.75) is 64.2 Å². The lowest BCUT2D eigenvalue weighted by Gasteiger charge is -2.35. The summed E-state index contributed by atoms with van der Waals surface area (Å²) in [5.41, 5.74) is 1.65. The zero-order chi connectivity index (χ0) is 18.2. The molecule has 2 aliphatic heterocycles. The van der Waals surface area contributed by atoms with Gasteiger partial charge in [0, 0.05) is 13.1 Å². The van der Waals surface area contributed by atoms with Gasteiger partial charge in [-0.05, 0) is 45.4 Å². The number of ether oxygens (including phenoxy) is 1. The van der Waals surface area contributed by atoms with E-state index in [9.17, 15) is 14.4 Å². The van der Waals surface area contributed by atoms with Crippen molar-refractivity contribution >= 4 is 17.8 Å². The molecule has 0 bridgehead atoms. The van der Waals surface area contributed by atoms with Crippen molar-refractivity contribution in [2.24, 2.45) is 5.92 Å². The normalized spacial score (nSPS) is 36.6. The van der Waals surface area contributed by atoms with Crippen LogP contribution < -0.4 is 10.7 Å². The van der Waals surface area contributed by atoms with Crippen LogP contribution in [0.15, 0.2) is 0 Å². The number of urea groups is 1. The molecule has 140 valence electrons. The monoisotopic (exact) mass is 352 g/mol. The van der Waals surface area contributed by atoms with Gasteiger partial charge in [0.1, 0.15) is 5.54 Å². The van der Waals surface area contributed by atoms with Crippen molar-refractivity contribution in [1.82, 2.24) is 20.7 Å². The molecule has 2 N–H and O–H groups in total. The first-order valence-electron chi connectivity index (χ1n) is 9.13. The number of nitrogens with zero attached hydrogens (tertiary/aromatic N) is 2. The fourth-order valence-corrected chi connectivity index (χ4v) is 4.09. The van der Waals surface area contributed by atoms with Crippen LogP contribution in [-0.2, 0) is 14.3 Å². The second kappa shape index (κ2) is 6.92. The van der Waals surface area contributed by atoms with Gasteiger partial charge in [0.2, 0.25) is 0 Å². The fraction of sp³-hybridized carbons (Fsp3) is 0.824. The number of hydrogen-bond acceptors (Lipinski definition) is 5. The summed E-state index contributed by atoms with van der Waals surface area (Å²) >= 11 is 0. The molecular formula is C17H28N4O4. The molecule has 1 saturated carbocycles. The van der Waals surface area contributed by atoms with E-state index in [1.807, 2.05) is 18.7 Å². The zero-order valence-corrected chi connectivity index (χ0v) is 15.2. The van der Waals surface area contributed by atoms with E-state index >= 15 is 0 Å². The Morgan fingerprint density at radius 2 is 1.80 bits per heavy atom. The Balaban J connectivity index is 1.58. The Morgan fingerprint density at radius 1 is 1.20 bits per heavy atom. The van der Waals surface area contributed by atoms with E-state index in [1.165, 1.54) is 0 Å². The number of nitrogens with one attached hydrogen (secondary N) is 2. The summed E-state index contributed by atoms with van der Waals surface area (Å²) in [6, 6.07) is -0.531. The molecule has 3 rings (SSSR count). The van der Waals surface area contributed by atoms with Gasteiger partial charge in [0.25, 0.3) is 11.8 Å². The van der Waals surface area contributed by atoms with Crippen LogP contribution >= 0.6 is 0 Å². The maximum absolute atomic E-state index is 12.7. The van der Waals surface area contributed by atoms with Crippen LogP contribution in [-0.4, -0.2) is 65.1 Å². The molecule has 1 aliphatic carbocycles. The lowest BCUT2D eigenvalue weighted by Crippen LogP contribution is -2.54. The highest BCUT2D eigenvalue weighted by atomic mass is 16.5. The van der Waals surface area contributed by atoms with Crippen LogP contribution in [0.3, 0.4) is 0 Å². The van der Waals surface area contributed by atoms with E-state index in [4.69, 9.17) is 4.74 Å². The van der Waals surface area contributed by atoms with Crippen LogP contribution in [0.4, 0.5) is 4.79 Å². The number of hydrazine groups is 1. The van der Waals surface area contributed by atoms with Crippen molar-refractivity contribution in [3.8, 4) is 0 Å². The molecule has 0 radical (unpaired) electrons. The second-order valence-corrected chi connectivity index (χ2v) is 7.82. The van der Waals surface area contributed by atoms with Crippen molar-refractivity contribution in [1.29, 1.82) is 0 Å². The predicted molar refractivity (Wildman–Crippen MR) is 90.3 cm³/mol. The van der Waals surface area contributed by atoms with Gasteiger partial charge in [-0.3, -0.25) is 19.9 Å². The average molecular weight is 352 g/mol. The molecule has 0 aromatic rings. The highest BCUT2D eigenvalue weighted by Crippen LogP contribution is 2.35. The number of amides is 4. The molecule has 0 aromatic carbocycles. The molecular weight excluding hydrogens is 324 g/mol. The summed E-state index contributed by atoms with van der Waals surface area (Å²) < 4.78 is 5.65. The molecule has 3 aliphatic rings. The Kier molecular flexibility index (Phi) is 5.02. The third-order valence-corrected chi connectivity index (χ3v) is 5.39. The van der Waals surface area contributed by atoms with Crippen LogP contribution in [0, 0.1) is 5.92 Å². The van der Waals surface area contributed by atoms with Crippen LogP contribution in [0.5, 0.6) is 0 Å².